The highest BCUT2D eigenvalue weighted by Gasteiger charge is 2.32. The molecule has 0 unspecified atom stereocenters. The smallest absolute Gasteiger partial charge is 0.192 e. The van der Waals surface area contributed by atoms with Crippen LogP contribution < -0.4 is 0 Å². The van der Waals surface area contributed by atoms with Gasteiger partial charge in [-0.1, -0.05) is 25.4 Å². The Morgan fingerprint density at radius 1 is 1.31 bits per heavy atom. The van der Waals surface area contributed by atoms with Crippen molar-refractivity contribution in [3.63, 3.8) is 0 Å². The molecule has 0 aliphatic heterocycles. The lowest BCUT2D eigenvalue weighted by atomic mass is 9.95. The van der Waals surface area contributed by atoms with Gasteiger partial charge >= 0.3 is 6.18 Å². The molecule has 5 heteroatoms. The van der Waals surface area contributed by atoms with Gasteiger partial charge < -0.3 is 0 Å². The van der Waals surface area contributed by atoms with E-state index in [0.717, 1.165) is 12.1 Å². The molecule has 0 heterocycles. The number of benzene rings is 1. The molecule has 1 rings (SSSR count). The van der Waals surface area contributed by atoms with Crippen molar-refractivity contribution in [2.75, 3.05) is 0 Å². The maximum atomic E-state index is 12.4. The Morgan fingerprint density at radius 2 is 1.88 bits per heavy atom. The van der Waals surface area contributed by atoms with Crippen molar-refractivity contribution in [1.82, 2.24) is 0 Å². The molecular formula is C11H9ClF3N. The van der Waals surface area contributed by atoms with Gasteiger partial charge in [-0.15, -0.1) is 0 Å². The fourth-order valence-electron chi connectivity index (χ4n) is 1.46. The number of hydrogen-bond acceptors (Lipinski definition) is 1. The van der Waals surface area contributed by atoms with Gasteiger partial charge in [-0.05, 0) is 23.6 Å². The predicted octanol–water partition coefficient (Wildman–Crippen LogP) is 4.35. The molecule has 0 fully saturated rings. The third-order valence-corrected chi connectivity index (χ3v) is 2.47. The van der Waals surface area contributed by atoms with Crippen LogP contribution in [0.5, 0.6) is 0 Å². The Bertz CT molecular complexity index is 444. The normalized spacial score (nSPS) is 11.6. The Hall–Kier alpha value is -1.21. The van der Waals surface area contributed by atoms with Crippen molar-refractivity contribution in [3.8, 4) is 6.07 Å². The molecular weight excluding hydrogens is 239 g/mol. The maximum Gasteiger partial charge on any atom is 0.416 e. The van der Waals surface area contributed by atoms with Gasteiger partial charge in [-0.2, -0.15) is 18.4 Å². The van der Waals surface area contributed by atoms with Gasteiger partial charge in [0.05, 0.1) is 17.2 Å². The lowest BCUT2D eigenvalue weighted by Crippen LogP contribution is -2.07. The zero-order chi connectivity index (χ0) is 12.5. The minimum absolute atomic E-state index is 0.0126. The Labute approximate surface area is 96.4 Å². The van der Waals surface area contributed by atoms with Gasteiger partial charge in [-0.25, -0.2) is 0 Å². The van der Waals surface area contributed by atoms with Gasteiger partial charge in [0.15, 0.2) is 0 Å². The van der Waals surface area contributed by atoms with Gasteiger partial charge in [0.1, 0.15) is 0 Å². The fraction of sp³-hybridized carbons (Fsp3) is 0.364. The molecule has 0 aliphatic rings. The summed E-state index contributed by atoms with van der Waals surface area (Å²) in [5, 5.41) is 8.79. The second kappa shape index (κ2) is 4.34. The van der Waals surface area contributed by atoms with E-state index < -0.39 is 11.7 Å². The molecule has 16 heavy (non-hydrogen) atoms. The van der Waals surface area contributed by atoms with Crippen molar-refractivity contribution < 1.29 is 13.2 Å². The Kier molecular flexibility index (Phi) is 3.49. The SMILES string of the molecule is CC(C)c1c(Cl)cc(C(F)(F)F)cc1C#N. The van der Waals surface area contributed by atoms with Crippen LogP contribution in [0.25, 0.3) is 0 Å². The Balaban J connectivity index is 3.46. The summed E-state index contributed by atoms with van der Waals surface area (Å²) in [7, 11) is 0. The summed E-state index contributed by atoms with van der Waals surface area (Å²) in [5.41, 5.74) is -0.453. The van der Waals surface area contributed by atoms with Crippen LogP contribution in [0.2, 0.25) is 5.02 Å². The van der Waals surface area contributed by atoms with Gasteiger partial charge in [0.2, 0.25) is 0 Å². The second-order valence-corrected chi connectivity index (χ2v) is 4.09. The van der Waals surface area contributed by atoms with Crippen LogP contribution in [-0.2, 0) is 6.18 Å². The van der Waals surface area contributed by atoms with E-state index in [9.17, 15) is 13.2 Å². The molecule has 0 N–H and O–H groups in total. The number of hydrogen-bond donors (Lipinski definition) is 0. The van der Waals surface area contributed by atoms with Crippen LogP contribution >= 0.6 is 11.6 Å². The van der Waals surface area contributed by atoms with Crippen LogP contribution in [0.4, 0.5) is 13.2 Å². The first-order valence-corrected chi connectivity index (χ1v) is 4.96. The number of rotatable bonds is 1. The van der Waals surface area contributed by atoms with Crippen molar-refractivity contribution in [3.05, 3.63) is 33.8 Å². The second-order valence-electron chi connectivity index (χ2n) is 3.68. The van der Waals surface area contributed by atoms with E-state index in [1.54, 1.807) is 19.9 Å². The van der Waals surface area contributed by atoms with Crippen molar-refractivity contribution in [1.29, 1.82) is 5.26 Å². The number of nitriles is 1. The van der Waals surface area contributed by atoms with Crippen molar-refractivity contribution >= 4 is 11.6 Å². The maximum absolute atomic E-state index is 12.4. The Morgan fingerprint density at radius 3 is 2.25 bits per heavy atom. The minimum Gasteiger partial charge on any atom is -0.192 e. The molecule has 0 atom stereocenters. The number of halogens is 4. The van der Waals surface area contributed by atoms with Gasteiger partial charge in [0.25, 0.3) is 0 Å². The highest BCUT2D eigenvalue weighted by molar-refractivity contribution is 6.31. The molecule has 1 aromatic rings. The van der Waals surface area contributed by atoms with Gasteiger partial charge in [-0.3, -0.25) is 0 Å². The van der Waals surface area contributed by atoms with Gasteiger partial charge in [0, 0.05) is 5.02 Å². The first kappa shape index (κ1) is 12.9. The summed E-state index contributed by atoms with van der Waals surface area (Å²) in [4.78, 5) is 0. The van der Waals surface area contributed by atoms with E-state index in [-0.39, 0.29) is 16.5 Å². The highest BCUT2D eigenvalue weighted by atomic mass is 35.5. The lowest BCUT2D eigenvalue weighted by molar-refractivity contribution is -0.137. The van der Waals surface area contributed by atoms with E-state index in [0.29, 0.717) is 5.56 Å². The van der Waals surface area contributed by atoms with E-state index in [1.165, 1.54) is 0 Å². The van der Waals surface area contributed by atoms with Crippen LogP contribution in [0, 0.1) is 11.3 Å². The standard InChI is InChI=1S/C11H9ClF3N/c1-6(2)10-7(5-16)3-8(4-9(10)12)11(13,14)15/h3-4,6H,1-2H3. The zero-order valence-electron chi connectivity index (χ0n) is 8.69. The molecule has 1 nitrogen and oxygen atoms in total. The number of nitrogens with zero attached hydrogens (tertiary/aromatic N) is 1. The molecule has 0 bridgehead atoms. The highest BCUT2D eigenvalue weighted by Crippen LogP contribution is 2.36. The predicted molar refractivity (Wildman–Crippen MR) is 55.3 cm³/mol. The van der Waals surface area contributed by atoms with Crippen LogP contribution in [0.15, 0.2) is 12.1 Å². The first-order chi connectivity index (χ1) is 7.27. The van der Waals surface area contributed by atoms with E-state index in [1.807, 2.05) is 0 Å². The summed E-state index contributed by atoms with van der Waals surface area (Å²) in [6.45, 7) is 3.55. The topological polar surface area (TPSA) is 23.8 Å². The molecule has 86 valence electrons. The number of alkyl halides is 3. The lowest BCUT2D eigenvalue weighted by Gasteiger charge is -2.14. The van der Waals surface area contributed by atoms with E-state index in [4.69, 9.17) is 16.9 Å². The molecule has 0 spiro atoms. The molecule has 1 aromatic carbocycles. The molecule has 0 saturated heterocycles. The van der Waals surface area contributed by atoms with Crippen LogP contribution in [0.3, 0.4) is 0 Å². The molecule has 0 aromatic heterocycles. The van der Waals surface area contributed by atoms with Crippen molar-refractivity contribution in [2.45, 2.75) is 25.9 Å². The zero-order valence-corrected chi connectivity index (χ0v) is 9.45. The monoisotopic (exact) mass is 247 g/mol. The summed E-state index contributed by atoms with van der Waals surface area (Å²) >= 11 is 5.76. The molecule has 0 aliphatic carbocycles. The average molecular weight is 248 g/mol. The summed E-state index contributed by atoms with van der Waals surface area (Å²) in [6.07, 6.45) is -4.48. The largest absolute Gasteiger partial charge is 0.416 e. The summed E-state index contributed by atoms with van der Waals surface area (Å²) in [5.74, 6) is -0.0931. The van der Waals surface area contributed by atoms with E-state index in [2.05, 4.69) is 0 Å². The molecule has 0 amide bonds. The third-order valence-electron chi connectivity index (χ3n) is 2.15. The fourth-order valence-corrected chi connectivity index (χ4v) is 1.90. The van der Waals surface area contributed by atoms with Crippen LogP contribution in [-0.4, -0.2) is 0 Å². The summed E-state index contributed by atoms with van der Waals surface area (Å²) in [6, 6.07) is 3.44. The molecule has 0 radical (unpaired) electrons. The average Bonchev–Trinajstić information content (AvgIpc) is 2.14. The minimum atomic E-state index is -4.48. The summed E-state index contributed by atoms with van der Waals surface area (Å²) < 4.78 is 37.3. The van der Waals surface area contributed by atoms with Crippen molar-refractivity contribution in [2.24, 2.45) is 0 Å². The quantitative estimate of drug-likeness (QED) is 0.724. The van der Waals surface area contributed by atoms with Crippen LogP contribution in [0.1, 0.15) is 36.5 Å². The third kappa shape index (κ3) is 2.48. The molecule has 0 saturated carbocycles. The van der Waals surface area contributed by atoms with E-state index >= 15 is 0 Å². The first-order valence-electron chi connectivity index (χ1n) is 4.58.